The van der Waals surface area contributed by atoms with Gasteiger partial charge < -0.3 is 10.4 Å². The first kappa shape index (κ1) is 15.8. The van der Waals surface area contributed by atoms with Gasteiger partial charge >= 0.3 is 5.97 Å². The second-order valence-corrected chi connectivity index (χ2v) is 4.31. The van der Waals surface area contributed by atoms with Gasteiger partial charge in [0.25, 0.3) is 5.91 Å². The normalized spacial score (nSPS) is 11.7. The number of hydrogen-bond acceptors (Lipinski definition) is 3. The Kier molecular flexibility index (Phi) is 5.83. The van der Waals surface area contributed by atoms with Crippen LogP contribution in [0.4, 0.5) is 4.39 Å². The molecule has 20 heavy (non-hydrogen) atoms. The third kappa shape index (κ3) is 4.79. The molecule has 1 amide bonds. The molecule has 108 valence electrons. The van der Waals surface area contributed by atoms with E-state index in [-0.39, 0.29) is 24.2 Å². The summed E-state index contributed by atoms with van der Waals surface area (Å²) in [6.45, 7) is 1.68. The average molecular weight is 281 g/mol. The fourth-order valence-corrected chi connectivity index (χ4v) is 1.61. The van der Waals surface area contributed by atoms with Gasteiger partial charge in [-0.15, -0.1) is 0 Å². The van der Waals surface area contributed by atoms with Gasteiger partial charge in [0.15, 0.2) is 0 Å². The number of benzene rings is 1. The Morgan fingerprint density at radius 3 is 2.60 bits per heavy atom. The van der Waals surface area contributed by atoms with E-state index >= 15 is 0 Å². The number of carboxylic acids is 1. The molecule has 1 atom stereocenters. The Labute approximate surface area is 115 Å². The molecule has 2 N–H and O–H groups in total. The van der Waals surface area contributed by atoms with Crippen molar-refractivity contribution in [2.75, 3.05) is 0 Å². The maximum atomic E-state index is 13.0. The SMILES string of the molecule is CCC(=O)CC[C@@H](NC(=O)c1cccc(F)c1)C(=O)O. The maximum absolute atomic E-state index is 13.0. The second-order valence-electron chi connectivity index (χ2n) is 4.31. The molecule has 0 saturated carbocycles. The van der Waals surface area contributed by atoms with Gasteiger partial charge in [-0.25, -0.2) is 9.18 Å². The van der Waals surface area contributed by atoms with Crippen LogP contribution in [0.5, 0.6) is 0 Å². The van der Waals surface area contributed by atoms with E-state index < -0.39 is 23.7 Å². The van der Waals surface area contributed by atoms with E-state index in [0.29, 0.717) is 6.42 Å². The van der Waals surface area contributed by atoms with E-state index in [1.807, 2.05) is 0 Å². The fraction of sp³-hybridized carbons (Fsp3) is 0.357. The van der Waals surface area contributed by atoms with Crippen molar-refractivity contribution >= 4 is 17.7 Å². The molecule has 1 aromatic carbocycles. The second kappa shape index (κ2) is 7.37. The molecule has 0 unspecified atom stereocenters. The minimum atomic E-state index is -1.22. The van der Waals surface area contributed by atoms with E-state index in [1.54, 1.807) is 6.92 Å². The number of carbonyl (C=O) groups excluding carboxylic acids is 2. The Morgan fingerprint density at radius 1 is 1.35 bits per heavy atom. The summed E-state index contributed by atoms with van der Waals surface area (Å²) in [6, 6.07) is 3.78. The highest BCUT2D eigenvalue weighted by Gasteiger charge is 2.21. The molecule has 0 fully saturated rings. The predicted molar refractivity (Wildman–Crippen MR) is 69.8 cm³/mol. The van der Waals surface area contributed by atoms with Gasteiger partial charge in [-0.1, -0.05) is 13.0 Å². The first-order valence-electron chi connectivity index (χ1n) is 6.25. The van der Waals surface area contributed by atoms with E-state index in [4.69, 9.17) is 5.11 Å². The van der Waals surface area contributed by atoms with Crippen LogP contribution in [0, 0.1) is 5.82 Å². The van der Waals surface area contributed by atoms with Crippen LogP contribution in [-0.2, 0) is 9.59 Å². The van der Waals surface area contributed by atoms with Gasteiger partial charge in [-0.05, 0) is 24.6 Å². The zero-order valence-corrected chi connectivity index (χ0v) is 11.1. The highest BCUT2D eigenvalue weighted by atomic mass is 19.1. The van der Waals surface area contributed by atoms with E-state index in [9.17, 15) is 18.8 Å². The third-order valence-corrected chi connectivity index (χ3v) is 2.80. The van der Waals surface area contributed by atoms with E-state index in [1.165, 1.54) is 18.2 Å². The predicted octanol–water partition coefficient (Wildman–Crippen LogP) is 1.77. The quantitative estimate of drug-likeness (QED) is 0.797. The first-order valence-corrected chi connectivity index (χ1v) is 6.25. The molecule has 0 aliphatic rings. The summed E-state index contributed by atoms with van der Waals surface area (Å²) in [7, 11) is 0. The Hall–Kier alpha value is -2.24. The molecule has 1 rings (SSSR count). The monoisotopic (exact) mass is 281 g/mol. The van der Waals surface area contributed by atoms with Gasteiger partial charge in [-0.2, -0.15) is 0 Å². The number of amides is 1. The van der Waals surface area contributed by atoms with Gasteiger partial charge in [0.1, 0.15) is 17.6 Å². The van der Waals surface area contributed by atoms with Crippen molar-refractivity contribution in [3.63, 3.8) is 0 Å². The number of carbonyl (C=O) groups is 3. The molecule has 0 spiro atoms. The summed E-state index contributed by atoms with van der Waals surface area (Å²) in [5, 5.41) is 11.3. The minimum absolute atomic E-state index is 0.0169. The van der Waals surface area contributed by atoms with Gasteiger partial charge in [0.2, 0.25) is 0 Å². The largest absolute Gasteiger partial charge is 0.480 e. The van der Waals surface area contributed by atoms with Gasteiger partial charge in [0.05, 0.1) is 0 Å². The molecule has 0 radical (unpaired) electrons. The molecule has 0 aliphatic heterocycles. The molecular formula is C14H16FNO4. The maximum Gasteiger partial charge on any atom is 0.326 e. The Balaban J connectivity index is 2.68. The van der Waals surface area contributed by atoms with Gasteiger partial charge in [-0.3, -0.25) is 9.59 Å². The molecular weight excluding hydrogens is 265 g/mol. The number of carboxylic acid groups (broad SMARTS) is 1. The molecule has 0 bridgehead atoms. The first-order chi connectivity index (χ1) is 9.43. The lowest BCUT2D eigenvalue weighted by molar-refractivity contribution is -0.139. The molecule has 0 aromatic heterocycles. The molecule has 6 heteroatoms. The standard InChI is InChI=1S/C14H16FNO4/c1-2-11(17)6-7-12(14(19)20)16-13(18)9-4-3-5-10(15)8-9/h3-5,8,12H,2,6-7H2,1H3,(H,16,18)(H,19,20)/t12-/m1/s1. The van der Waals surface area contributed by atoms with Crippen molar-refractivity contribution in [1.82, 2.24) is 5.32 Å². The lowest BCUT2D eigenvalue weighted by Crippen LogP contribution is -2.41. The lowest BCUT2D eigenvalue weighted by Gasteiger charge is -2.14. The van der Waals surface area contributed by atoms with E-state index in [2.05, 4.69) is 5.32 Å². The van der Waals surface area contributed by atoms with Crippen LogP contribution in [0.15, 0.2) is 24.3 Å². The van der Waals surface area contributed by atoms with Crippen molar-refractivity contribution in [2.45, 2.75) is 32.2 Å². The number of Topliss-reactive ketones (excluding diaryl/α,β-unsaturated/α-hetero) is 1. The van der Waals surface area contributed by atoms with Crippen LogP contribution in [0.3, 0.4) is 0 Å². The van der Waals surface area contributed by atoms with Crippen LogP contribution in [0.2, 0.25) is 0 Å². The van der Waals surface area contributed by atoms with Crippen LogP contribution >= 0.6 is 0 Å². The highest BCUT2D eigenvalue weighted by Crippen LogP contribution is 2.06. The van der Waals surface area contributed by atoms with Crippen LogP contribution in [-0.4, -0.2) is 28.8 Å². The fourth-order valence-electron chi connectivity index (χ4n) is 1.61. The Bertz CT molecular complexity index is 516. The summed E-state index contributed by atoms with van der Waals surface area (Å²) in [6.07, 6.45) is 0.421. The number of nitrogens with one attached hydrogen (secondary N) is 1. The summed E-state index contributed by atoms with van der Waals surface area (Å²) >= 11 is 0. The average Bonchev–Trinajstić information content (AvgIpc) is 2.42. The smallest absolute Gasteiger partial charge is 0.326 e. The third-order valence-electron chi connectivity index (χ3n) is 2.80. The van der Waals surface area contributed by atoms with Crippen molar-refractivity contribution in [3.05, 3.63) is 35.6 Å². The van der Waals surface area contributed by atoms with Crippen molar-refractivity contribution in [2.24, 2.45) is 0 Å². The minimum Gasteiger partial charge on any atom is -0.480 e. The molecule has 1 aromatic rings. The number of rotatable bonds is 7. The summed E-state index contributed by atoms with van der Waals surface area (Å²) in [5.41, 5.74) is 0.0399. The van der Waals surface area contributed by atoms with Gasteiger partial charge in [0, 0.05) is 18.4 Å². The Morgan fingerprint density at radius 2 is 2.05 bits per heavy atom. The molecule has 0 aliphatic carbocycles. The van der Waals surface area contributed by atoms with Crippen LogP contribution < -0.4 is 5.32 Å². The highest BCUT2D eigenvalue weighted by molar-refractivity contribution is 5.96. The lowest BCUT2D eigenvalue weighted by atomic mass is 10.1. The number of aliphatic carboxylic acids is 1. The molecule has 5 nitrogen and oxygen atoms in total. The zero-order chi connectivity index (χ0) is 15.1. The van der Waals surface area contributed by atoms with Crippen molar-refractivity contribution < 1.29 is 23.9 Å². The number of ketones is 1. The van der Waals surface area contributed by atoms with Crippen LogP contribution in [0.1, 0.15) is 36.5 Å². The molecule has 0 saturated heterocycles. The summed E-state index contributed by atoms with van der Waals surface area (Å²) in [4.78, 5) is 34.0. The van der Waals surface area contributed by atoms with Crippen LogP contribution in [0.25, 0.3) is 0 Å². The topological polar surface area (TPSA) is 83.5 Å². The molecule has 0 heterocycles. The number of halogens is 1. The van der Waals surface area contributed by atoms with Crippen molar-refractivity contribution in [3.8, 4) is 0 Å². The zero-order valence-electron chi connectivity index (χ0n) is 11.1. The summed E-state index contributed by atoms with van der Waals surface area (Å²) in [5.74, 6) is -2.55. The van der Waals surface area contributed by atoms with Crippen molar-refractivity contribution in [1.29, 1.82) is 0 Å². The number of hydrogen-bond donors (Lipinski definition) is 2. The summed E-state index contributed by atoms with van der Waals surface area (Å²) < 4.78 is 13.0. The van der Waals surface area contributed by atoms with E-state index in [0.717, 1.165) is 6.07 Å².